The molecular weight excluding hydrogens is 232 g/mol. The maximum atomic E-state index is 11.8. The summed E-state index contributed by atoms with van der Waals surface area (Å²) in [4.78, 5) is 11.8. The number of carbonyl (C=O) groups is 1. The van der Waals surface area contributed by atoms with E-state index in [1.807, 2.05) is 41.9 Å². The Balaban J connectivity index is 1.97. The molecule has 2 aromatic rings. The van der Waals surface area contributed by atoms with Gasteiger partial charge in [0.05, 0.1) is 5.56 Å². The fourth-order valence-electron chi connectivity index (χ4n) is 1.51. The summed E-state index contributed by atoms with van der Waals surface area (Å²) in [5, 5.41) is 6.73. The van der Waals surface area contributed by atoms with Crippen LogP contribution in [-0.2, 0) is 6.54 Å². The minimum absolute atomic E-state index is 0.0272. The van der Waals surface area contributed by atoms with Gasteiger partial charge in [-0.3, -0.25) is 4.79 Å². The van der Waals surface area contributed by atoms with Crippen LogP contribution in [0.3, 0.4) is 0 Å². The standard InChI is InChI=1S/C13H14N2OS/c1-9-7-17-8-12(9)13(16)15-6-10-2-4-11(14)5-3-10/h2-5,7-8H,6,14H2,1H3,(H,15,16). The maximum Gasteiger partial charge on any atom is 0.252 e. The van der Waals surface area contributed by atoms with Crippen molar-refractivity contribution in [3.05, 3.63) is 51.7 Å². The zero-order valence-electron chi connectivity index (χ0n) is 9.57. The Bertz CT molecular complexity index is 516. The Morgan fingerprint density at radius 3 is 2.59 bits per heavy atom. The van der Waals surface area contributed by atoms with E-state index in [0.29, 0.717) is 6.54 Å². The Hall–Kier alpha value is -1.81. The monoisotopic (exact) mass is 246 g/mol. The van der Waals surface area contributed by atoms with Gasteiger partial charge in [-0.15, -0.1) is 0 Å². The van der Waals surface area contributed by atoms with E-state index in [-0.39, 0.29) is 5.91 Å². The van der Waals surface area contributed by atoms with Crippen molar-refractivity contribution in [3.8, 4) is 0 Å². The molecule has 0 aliphatic rings. The van der Waals surface area contributed by atoms with Crippen molar-refractivity contribution in [1.29, 1.82) is 0 Å². The van der Waals surface area contributed by atoms with Crippen molar-refractivity contribution in [2.24, 2.45) is 0 Å². The molecule has 4 heteroatoms. The lowest BCUT2D eigenvalue weighted by Crippen LogP contribution is -2.22. The van der Waals surface area contributed by atoms with E-state index >= 15 is 0 Å². The zero-order chi connectivity index (χ0) is 12.3. The van der Waals surface area contributed by atoms with Crippen LogP contribution in [0.25, 0.3) is 0 Å². The molecule has 1 aromatic heterocycles. The number of hydrogen-bond donors (Lipinski definition) is 2. The van der Waals surface area contributed by atoms with Gasteiger partial charge in [0.15, 0.2) is 0 Å². The first-order valence-corrected chi connectivity index (χ1v) is 6.26. The molecule has 1 aromatic carbocycles. The van der Waals surface area contributed by atoms with E-state index in [2.05, 4.69) is 5.32 Å². The highest BCUT2D eigenvalue weighted by Gasteiger charge is 2.08. The second-order valence-corrected chi connectivity index (χ2v) is 4.64. The summed E-state index contributed by atoms with van der Waals surface area (Å²) in [6.07, 6.45) is 0. The van der Waals surface area contributed by atoms with Crippen LogP contribution in [-0.4, -0.2) is 5.91 Å². The van der Waals surface area contributed by atoms with Crippen molar-refractivity contribution >= 4 is 22.9 Å². The molecule has 0 atom stereocenters. The van der Waals surface area contributed by atoms with Gasteiger partial charge in [-0.1, -0.05) is 12.1 Å². The van der Waals surface area contributed by atoms with Crippen LogP contribution in [0, 0.1) is 6.92 Å². The van der Waals surface area contributed by atoms with Gasteiger partial charge in [0.25, 0.3) is 5.91 Å². The van der Waals surface area contributed by atoms with E-state index in [9.17, 15) is 4.79 Å². The molecule has 0 aliphatic heterocycles. The number of anilines is 1. The summed E-state index contributed by atoms with van der Waals surface area (Å²) in [5.74, 6) is -0.0272. The van der Waals surface area contributed by atoms with Crippen molar-refractivity contribution in [3.63, 3.8) is 0 Å². The van der Waals surface area contributed by atoms with Crippen LogP contribution in [0.2, 0.25) is 0 Å². The number of benzene rings is 1. The van der Waals surface area contributed by atoms with Crippen molar-refractivity contribution in [1.82, 2.24) is 5.32 Å². The van der Waals surface area contributed by atoms with Crippen molar-refractivity contribution < 1.29 is 4.79 Å². The van der Waals surface area contributed by atoms with Gasteiger partial charge >= 0.3 is 0 Å². The predicted octanol–water partition coefficient (Wildman–Crippen LogP) is 2.57. The summed E-state index contributed by atoms with van der Waals surface area (Å²) < 4.78 is 0. The minimum atomic E-state index is -0.0272. The maximum absolute atomic E-state index is 11.8. The van der Waals surface area contributed by atoms with Gasteiger partial charge in [0, 0.05) is 17.6 Å². The summed E-state index contributed by atoms with van der Waals surface area (Å²) in [5.41, 5.74) is 9.14. The number of thiophene rings is 1. The molecule has 17 heavy (non-hydrogen) atoms. The lowest BCUT2D eigenvalue weighted by Gasteiger charge is -2.05. The van der Waals surface area contributed by atoms with Crippen LogP contribution < -0.4 is 11.1 Å². The molecule has 0 saturated carbocycles. The van der Waals surface area contributed by atoms with Crippen LogP contribution >= 0.6 is 11.3 Å². The molecule has 0 unspecified atom stereocenters. The van der Waals surface area contributed by atoms with Gasteiger partial charge in [-0.05, 0) is 35.6 Å². The van der Waals surface area contributed by atoms with Gasteiger partial charge in [0.1, 0.15) is 0 Å². The molecule has 0 spiro atoms. The third-order valence-electron chi connectivity index (χ3n) is 2.53. The van der Waals surface area contributed by atoms with Gasteiger partial charge in [0.2, 0.25) is 0 Å². The SMILES string of the molecule is Cc1cscc1C(=O)NCc1ccc(N)cc1. The molecule has 0 fully saturated rings. The molecule has 0 aliphatic carbocycles. The number of amides is 1. The molecular formula is C13H14N2OS. The third-order valence-corrected chi connectivity index (χ3v) is 3.39. The summed E-state index contributed by atoms with van der Waals surface area (Å²) in [6, 6.07) is 7.49. The first-order valence-electron chi connectivity index (χ1n) is 5.32. The number of nitrogen functional groups attached to an aromatic ring is 1. The molecule has 0 saturated heterocycles. The topological polar surface area (TPSA) is 55.1 Å². The second-order valence-electron chi connectivity index (χ2n) is 3.89. The fraction of sp³-hybridized carbons (Fsp3) is 0.154. The number of carbonyl (C=O) groups excluding carboxylic acids is 1. The Labute approximate surface area is 104 Å². The number of rotatable bonds is 3. The van der Waals surface area contributed by atoms with Crippen molar-refractivity contribution in [2.45, 2.75) is 13.5 Å². The Morgan fingerprint density at radius 2 is 2.00 bits per heavy atom. The van der Waals surface area contributed by atoms with Gasteiger partial charge in [-0.2, -0.15) is 11.3 Å². The summed E-state index contributed by atoms with van der Waals surface area (Å²) in [7, 11) is 0. The third kappa shape index (κ3) is 2.85. The molecule has 1 amide bonds. The molecule has 88 valence electrons. The first-order chi connectivity index (χ1) is 8.16. The normalized spacial score (nSPS) is 10.2. The Morgan fingerprint density at radius 1 is 1.29 bits per heavy atom. The van der Waals surface area contributed by atoms with Crippen LogP contribution in [0.5, 0.6) is 0 Å². The summed E-state index contributed by atoms with van der Waals surface area (Å²) in [6.45, 7) is 2.46. The van der Waals surface area contributed by atoms with Gasteiger partial charge in [-0.25, -0.2) is 0 Å². The van der Waals surface area contributed by atoms with E-state index in [1.165, 1.54) is 0 Å². The molecule has 2 rings (SSSR count). The predicted molar refractivity (Wildman–Crippen MR) is 71.1 cm³/mol. The fourth-order valence-corrected chi connectivity index (χ4v) is 2.33. The molecule has 3 nitrogen and oxygen atoms in total. The van der Waals surface area contributed by atoms with Gasteiger partial charge < -0.3 is 11.1 Å². The molecule has 3 N–H and O–H groups in total. The highest BCUT2D eigenvalue weighted by Crippen LogP contribution is 2.13. The van der Waals surface area contributed by atoms with E-state index in [1.54, 1.807) is 11.3 Å². The number of hydrogen-bond acceptors (Lipinski definition) is 3. The minimum Gasteiger partial charge on any atom is -0.399 e. The lowest BCUT2D eigenvalue weighted by atomic mass is 10.2. The number of aryl methyl sites for hydroxylation is 1. The largest absolute Gasteiger partial charge is 0.399 e. The second kappa shape index (κ2) is 5.01. The first kappa shape index (κ1) is 11.7. The van der Waals surface area contributed by atoms with Crippen LogP contribution in [0.15, 0.2) is 35.0 Å². The average molecular weight is 246 g/mol. The van der Waals surface area contributed by atoms with E-state index in [4.69, 9.17) is 5.73 Å². The quantitative estimate of drug-likeness (QED) is 0.818. The van der Waals surface area contributed by atoms with Crippen LogP contribution in [0.4, 0.5) is 5.69 Å². The number of nitrogens with one attached hydrogen (secondary N) is 1. The Kier molecular flexibility index (Phi) is 3.44. The van der Waals surface area contributed by atoms with Crippen molar-refractivity contribution in [2.75, 3.05) is 5.73 Å². The van der Waals surface area contributed by atoms with E-state index < -0.39 is 0 Å². The highest BCUT2D eigenvalue weighted by atomic mass is 32.1. The smallest absolute Gasteiger partial charge is 0.252 e. The van der Waals surface area contributed by atoms with Crippen LogP contribution in [0.1, 0.15) is 21.5 Å². The van der Waals surface area contributed by atoms with E-state index in [0.717, 1.165) is 22.4 Å². The zero-order valence-corrected chi connectivity index (χ0v) is 10.4. The average Bonchev–Trinajstić information content (AvgIpc) is 2.74. The molecule has 0 bridgehead atoms. The lowest BCUT2D eigenvalue weighted by molar-refractivity contribution is 0.0951. The molecule has 1 heterocycles. The highest BCUT2D eigenvalue weighted by molar-refractivity contribution is 7.08. The molecule has 0 radical (unpaired) electrons. The summed E-state index contributed by atoms with van der Waals surface area (Å²) >= 11 is 1.54. The number of nitrogens with two attached hydrogens (primary N) is 1.